The number of nitrogens with one attached hydrogen (secondary N) is 1. The summed E-state index contributed by atoms with van der Waals surface area (Å²) in [5.74, 6) is -0.176. The molecule has 0 saturated heterocycles. The predicted octanol–water partition coefficient (Wildman–Crippen LogP) is 1.44. The third kappa shape index (κ3) is 3.75. The minimum atomic E-state index is -0.181. The van der Waals surface area contributed by atoms with E-state index in [4.69, 9.17) is 0 Å². The Kier molecular flexibility index (Phi) is 4.46. The van der Waals surface area contributed by atoms with Crippen LogP contribution < -0.4 is 10.9 Å². The molecule has 0 aliphatic heterocycles. The second-order valence-corrected chi connectivity index (χ2v) is 4.77. The lowest BCUT2D eigenvalue weighted by Crippen LogP contribution is -2.31. The molecule has 0 bridgehead atoms. The summed E-state index contributed by atoms with van der Waals surface area (Å²) in [6, 6.07) is 10.1. The summed E-state index contributed by atoms with van der Waals surface area (Å²) in [6.07, 6.45) is 1.54. The van der Waals surface area contributed by atoms with Crippen molar-refractivity contribution in [2.75, 3.05) is 6.54 Å². The number of rotatable bonds is 4. The zero-order chi connectivity index (χ0) is 13.7. The Hall–Kier alpha value is -1.95. The van der Waals surface area contributed by atoms with Crippen molar-refractivity contribution < 1.29 is 4.79 Å². The molecule has 0 aliphatic carbocycles. The van der Waals surface area contributed by atoms with E-state index in [1.165, 1.54) is 16.9 Å². The number of halogens is 1. The summed E-state index contributed by atoms with van der Waals surface area (Å²) in [7, 11) is 0. The van der Waals surface area contributed by atoms with Crippen molar-refractivity contribution in [3.05, 3.63) is 63.0 Å². The number of carbonyl (C=O) groups is 1. The molecule has 0 saturated carbocycles. The van der Waals surface area contributed by atoms with E-state index >= 15 is 0 Å². The number of carbonyl (C=O) groups excluding carboxylic acids is 1. The van der Waals surface area contributed by atoms with E-state index < -0.39 is 0 Å². The van der Waals surface area contributed by atoms with Crippen LogP contribution in [-0.2, 0) is 6.54 Å². The summed E-state index contributed by atoms with van der Waals surface area (Å²) >= 11 is 3.31. The molecule has 1 heterocycles. The number of benzene rings is 1. The summed E-state index contributed by atoms with van der Waals surface area (Å²) in [6.45, 7) is 0.696. The monoisotopic (exact) mass is 321 g/mol. The van der Waals surface area contributed by atoms with E-state index in [2.05, 4.69) is 26.3 Å². The Morgan fingerprint density at radius 2 is 2.16 bits per heavy atom. The quantitative estimate of drug-likeness (QED) is 0.926. The van der Waals surface area contributed by atoms with Crippen LogP contribution in [0.5, 0.6) is 0 Å². The van der Waals surface area contributed by atoms with Gasteiger partial charge in [-0.25, -0.2) is 4.68 Å². The van der Waals surface area contributed by atoms with Crippen LogP contribution in [0.15, 0.2) is 51.9 Å². The zero-order valence-electron chi connectivity index (χ0n) is 10.0. The van der Waals surface area contributed by atoms with Crippen molar-refractivity contribution >= 4 is 21.8 Å². The molecule has 2 rings (SSSR count). The van der Waals surface area contributed by atoms with Gasteiger partial charge in [-0.15, -0.1) is 0 Å². The van der Waals surface area contributed by atoms with E-state index in [9.17, 15) is 9.59 Å². The molecule has 0 atom stereocenters. The van der Waals surface area contributed by atoms with Crippen LogP contribution in [-0.4, -0.2) is 22.2 Å². The van der Waals surface area contributed by atoms with Gasteiger partial charge < -0.3 is 5.32 Å². The van der Waals surface area contributed by atoms with E-state index in [0.717, 1.165) is 4.47 Å². The molecule has 1 aromatic heterocycles. The Labute approximate surface area is 118 Å². The van der Waals surface area contributed by atoms with Crippen LogP contribution in [0.1, 0.15) is 10.4 Å². The van der Waals surface area contributed by atoms with Crippen molar-refractivity contribution in [2.24, 2.45) is 0 Å². The Morgan fingerprint density at radius 1 is 1.32 bits per heavy atom. The van der Waals surface area contributed by atoms with Crippen LogP contribution in [0.25, 0.3) is 0 Å². The molecule has 1 amide bonds. The number of amides is 1. The second-order valence-electron chi connectivity index (χ2n) is 3.85. The molecule has 19 heavy (non-hydrogen) atoms. The highest BCUT2D eigenvalue weighted by Crippen LogP contribution is 2.11. The first kappa shape index (κ1) is 13.5. The molecule has 1 aromatic carbocycles. The van der Waals surface area contributed by atoms with Crippen molar-refractivity contribution in [3.63, 3.8) is 0 Å². The molecule has 98 valence electrons. The van der Waals surface area contributed by atoms with Gasteiger partial charge in [0, 0.05) is 28.8 Å². The first-order valence-electron chi connectivity index (χ1n) is 5.73. The van der Waals surface area contributed by atoms with Gasteiger partial charge in [0.15, 0.2) is 0 Å². The minimum Gasteiger partial charge on any atom is -0.350 e. The third-order valence-corrected chi connectivity index (χ3v) is 2.97. The van der Waals surface area contributed by atoms with Gasteiger partial charge in [-0.3, -0.25) is 9.59 Å². The molecule has 0 spiro atoms. The predicted molar refractivity (Wildman–Crippen MR) is 75.0 cm³/mol. The molecule has 0 radical (unpaired) electrons. The second kappa shape index (κ2) is 6.29. The molecule has 6 heteroatoms. The summed E-state index contributed by atoms with van der Waals surface area (Å²) in [5.41, 5.74) is 0.391. The number of aromatic nitrogens is 2. The van der Waals surface area contributed by atoms with E-state index in [1.807, 2.05) is 6.07 Å². The molecule has 2 aromatic rings. The summed E-state index contributed by atoms with van der Waals surface area (Å²) in [4.78, 5) is 23.2. The van der Waals surface area contributed by atoms with Crippen LogP contribution in [0.4, 0.5) is 0 Å². The molecule has 0 fully saturated rings. The number of hydrogen-bond acceptors (Lipinski definition) is 3. The van der Waals surface area contributed by atoms with Crippen LogP contribution >= 0.6 is 15.9 Å². The fourth-order valence-corrected chi connectivity index (χ4v) is 1.96. The summed E-state index contributed by atoms with van der Waals surface area (Å²) < 4.78 is 2.15. The maximum Gasteiger partial charge on any atom is 0.266 e. The Balaban J connectivity index is 1.91. The molecule has 1 N–H and O–H groups in total. The number of nitrogens with zero attached hydrogens (tertiary/aromatic N) is 2. The van der Waals surface area contributed by atoms with Gasteiger partial charge in [0.25, 0.3) is 11.5 Å². The van der Waals surface area contributed by atoms with Gasteiger partial charge in [0.1, 0.15) is 0 Å². The highest BCUT2D eigenvalue weighted by atomic mass is 79.9. The standard InChI is InChI=1S/C13H12BrN3O2/c14-11-4-1-3-10(9-11)13(19)15-7-8-17-12(18)5-2-6-16-17/h1-6,9H,7-8H2,(H,15,19). The fraction of sp³-hybridized carbons (Fsp3) is 0.154. The first-order chi connectivity index (χ1) is 9.16. The highest BCUT2D eigenvalue weighted by Gasteiger charge is 2.05. The lowest BCUT2D eigenvalue weighted by Gasteiger charge is -2.06. The van der Waals surface area contributed by atoms with Crippen molar-refractivity contribution in [2.45, 2.75) is 6.54 Å². The van der Waals surface area contributed by atoms with Gasteiger partial charge in [0.05, 0.1) is 6.54 Å². The third-order valence-electron chi connectivity index (χ3n) is 2.48. The van der Waals surface area contributed by atoms with Crippen LogP contribution in [0.2, 0.25) is 0 Å². The maximum absolute atomic E-state index is 11.8. The average molecular weight is 322 g/mol. The van der Waals surface area contributed by atoms with Gasteiger partial charge >= 0.3 is 0 Å². The van der Waals surface area contributed by atoms with Crippen LogP contribution in [0.3, 0.4) is 0 Å². The zero-order valence-corrected chi connectivity index (χ0v) is 11.6. The first-order valence-corrected chi connectivity index (χ1v) is 6.52. The normalized spacial score (nSPS) is 10.2. The number of hydrogen-bond donors (Lipinski definition) is 1. The smallest absolute Gasteiger partial charge is 0.266 e. The lowest BCUT2D eigenvalue weighted by atomic mass is 10.2. The molecular weight excluding hydrogens is 310 g/mol. The van der Waals surface area contributed by atoms with Crippen molar-refractivity contribution in [1.82, 2.24) is 15.1 Å². The Bertz CT molecular complexity index is 640. The molecule has 0 unspecified atom stereocenters. The van der Waals surface area contributed by atoms with Gasteiger partial charge in [0.2, 0.25) is 0 Å². The van der Waals surface area contributed by atoms with E-state index in [0.29, 0.717) is 18.7 Å². The Morgan fingerprint density at radius 3 is 2.89 bits per heavy atom. The molecule has 0 aliphatic rings. The highest BCUT2D eigenvalue weighted by molar-refractivity contribution is 9.10. The largest absolute Gasteiger partial charge is 0.350 e. The van der Waals surface area contributed by atoms with Gasteiger partial charge in [-0.05, 0) is 24.3 Å². The fourth-order valence-electron chi connectivity index (χ4n) is 1.56. The minimum absolute atomic E-state index is 0.176. The van der Waals surface area contributed by atoms with E-state index in [1.54, 1.807) is 24.3 Å². The molecule has 5 nitrogen and oxygen atoms in total. The summed E-state index contributed by atoms with van der Waals surface area (Å²) in [5, 5.41) is 6.65. The van der Waals surface area contributed by atoms with Crippen molar-refractivity contribution in [1.29, 1.82) is 0 Å². The van der Waals surface area contributed by atoms with E-state index in [-0.39, 0.29) is 11.5 Å². The molecular formula is C13H12BrN3O2. The maximum atomic E-state index is 11.8. The lowest BCUT2D eigenvalue weighted by molar-refractivity contribution is 0.0951. The van der Waals surface area contributed by atoms with Gasteiger partial charge in [-0.2, -0.15) is 5.10 Å². The average Bonchev–Trinajstić information content (AvgIpc) is 2.41. The van der Waals surface area contributed by atoms with Gasteiger partial charge in [-0.1, -0.05) is 22.0 Å². The van der Waals surface area contributed by atoms with Crippen molar-refractivity contribution in [3.8, 4) is 0 Å². The van der Waals surface area contributed by atoms with Crippen LogP contribution in [0, 0.1) is 0 Å². The topological polar surface area (TPSA) is 64.0 Å². The SMILES string of the molecule is O=C(NCCn1ncccc1=O)c1cccc(Br)c1.